The Labute approximate surface area is 318 Å². The minimum atomic E-state index is -0.852. The number of aromatic nitrogens is 1. The molecule has 7 nitrogen and oxygen atoms in total. The maximum absolute atomic E-state index is 12.6. The molecule has 1 aromatic heterocycles. The van der Waals surface area contributed by atoms with E-state index in [4.69, 9.17) is 14.2 Å². The van der Waals surface area contributed by atoms with Crippen LogP contribution in [0, 0.1) is 0 Å². The van der Waals surface area contributed by atoms with Crippen LogP contribution in [0.3, 0.4) is 0 Å². The summed E-state index contributed by atoms with van der Waals surface area (Å²) in [6.45, 7) is 4.18. The number of carbonyl (C=O) groups excluding carboxylic acids is 3. The number of hydrogen-bond donors (Lipinski definition) is 0. The molecule has 0 aliphatic heterocycles. The van der Waals surface area contributed by atoms with Gasteiger partial charge in [0.15, 0.2) is 6.10 Å². The number of ether oxygens (including phenoxy) is 3. The maximum Gasteiger partial charge on any atom is 0.339 e. The zero-order chi connectivity index (χ0) is 37.6. The van der Waals surface area contributed by atoms with Crippen molar-refractivity contribution in [3.05, 3.63) is 54.4 Å². The SMILES string of the molecule is CCCCCCCC/C=C\CCCCCCCC(=O)OC[C@H](COC(=O)c1cccnc1)OC(=O)CCCCCCC/C=C\CCCCCCCC. The molecule has 0 radical (unpaired) electrons. The van der Waals surface area contributed by atoms with Crippen molar-refractivity contribution in [2.45, 2.75) is 200 Å². The molecule has 0 N–H and O–H groups in total. The van der Waals surface area contributed by atoms with E-state index in [2.05, 4.69) is 43.1 Å². The van der Waals surface area contributed by atoms with Crippen LogP contribution in [-0.4, -0.2) is 42.2 Å². The van der Waals surface area contributed by atoms with Crippen LogP contribution in [0.2, 0.25) is 0 Å². The van der Waals surface area contributed by atoms with E-state index in [9.17, 15) is 14.4 Å². The molecule has 296 valence electrons. The molecule has 7 heteroatoms. The molecule has 52 heavy (non-hydrogen) atoms. The van der Waals surface area contributed by atoms with Gasteiger partial charge in [0.2, 0.25) is 0 Å². The van der Waals surface area contributed by atoms with E-state index in [1.54, 1.807) is 18.3 Å². The van der Waals surface area contributed by atoms with Crippen LogP contribution < -0.4 is 0 Å². The molecule has 0 amide bonds. The Morgan fingerprint density at radius 3 is 1.44 bits per heavy atom. The highest BCUT2D eigenvalue weighted by Gasteiger charge is 2.20. The van der Waals surface area contributed by atoms with Gasteiger partial charge in [-0.25, -0.2) is 4.79 Å². The predicted molar refractivity (Wildman–Crippen MR) is 214 cm³/mol. The molecular weight excluding hydrogens is 650 g/mol. The number of allylic oxidation sites excluding steroid dienone is 4. The molecule has 0 aromatic carbocycles. The fourth-order valence-corrected chi connectivity index (χ4v) is 6.03. The molecule has 0 saturated heterocycles. The van der Waals surface area contributed by atoms with E-state index in [-0.39, 0.29) is 31.6 Å². The number of hydrogen-bond acceptors (Lipinski definition) is 7. The lowest BCUT2D eigenvalue weighted by molar-refractivity contribution is -0.161. The predicted octanol–water partition coefficient (Wildman–Crippen LogP) is 12.8. The number of carbonyl (C=O) groups is 3. The second kappa shape index (κ2) is 36.4. The van der Waals surface area contributed by atoms with Gasteiger partial charge < -0.3 is 14.2 Å². The Morgan fingerprint density at radius 2 is 0.981 bits per heavy atom. The van der Waals surface area contributed by atoms with E-state index < -0.39 is 12.1 Å². The first kappa shape index (κ1) is 47.1. The molecular formula is C45H75NO6. The average molecular weight is 726 g/mol. The molecule has 0 aliphatic rings. The van der Waals surface area contributed by atoms with E-state index in [0.29, 0.717) is 12.0 Å². The van der Waals surface area contributed by atoms with Crippen LogP contribution in [-0.2, 0) is 23.8 Å². The Morgan fingerprint density at radius 1 is 0.558 bits per heavy atom. The summed E-state index contributed by atoms with van der Waals surface area (Å²) >= 11 is 0. The van der Waals surface area contributed by atoms with Crippen molar-refractivity contribution in [2.24, 2.45) is 0 Å². The lowest BCUT2D eigenvalue weighted by atomic mass is 10.1. The second-order valence-electron chi connectivity index (χ2n) is 14.3. The number of pyridine rings is 1. The molecule has 0 bridgehead atoms. The second-order valence-corrected chi connectivity index (χ2v) is 14.3. The van der Waals surface area contributed by atoms with E-state index >= 15 is 0 Å². The smallest absolute Gasteiger partial charge is 0.339 e. The van der Waals surface area contributed by atoms with Crippen LogP contribution >= 0.6 is 0 Å². The zero-order valence-electron chi connectivity index (χ0n) is 33.3. The van der Waals surface area contributed by atoms with Gasteiger partial charge in [0.1, 0.15) is 13.2 Å². The number of esters is 3. The quantitative estimate of drug-likeness (QED) is 0.0294. The van der Waals surface area contributed by atoms with Gasteiger partial charge in [-0.15, -0.1) is 0 Å². The minimum Gasteiger partial charge on any atom is -0.462 e. The topological polar surface area (TPSA) is 91.8 Å². The molecule has 0 unspecified atom stereocenters. The van der Waals surface area contributed by atoms with Gasteiger partial charge in [0, 0.05) is 25.2 Å². The number of unbranched alkanes of at least 4 members (excludes halogenated alkanes) is 22. The number of rotatable bonds is 36. The number of nitrogens with zero attached hydrogens (tertiary/aromatic N) is 1. The van der Waals surface area contributed by atoms with Gasteiger partial charge in [-0.3, -0.25) is 14.6 Å². The summed E-state index contributed by atoms with van der Waals surface area (Å²) in [6.07, 6.45) is 43.0. The molecule has 0 saturated carbocycles. The van der Waals surface area contributed by atoms with Gasteiger partial charge in [-0.1, -0.05) is 141 Å². The van der Waals surface area contributed by atoms with Crippen molar-refractivity contribution in [2.75, 3.05) is 13.2 Å². The highest BCUT2D eigenvalue weighted by Crippen LogP contribution is 2.13. The van der Waals surface area contributed by atoms with Crippen molar-refractivity contribution in [1.29, 1.82) is 0 Å². The van der Waals surface area contributed by atoms with Gasteiger partial charge >= 0.3 is 17.9 Å². The van der Waals surface area contributed by atoms with Gasteiger partial charge in [0.25, 0.3) is 0 Å². The fraction of sp³-hybridized carbons (Fsp3) is 0.733. The third-order valence-corrected chi connectivity index (χ3v) is 9.31. The molecule has 0 aliphatic carbocycles. The Hall–Kier alpha value is -2.96. The van der Waals surface area contributed by atoms with Gasteiger partial charge in [-0.05, 0) is 76.3 Å². The molecule has 1 heterocycles. The molecule has 1 aromatic rings. The van der Waals surface area contributed by atoms with Crippen molar-refractivity contribution >= 4 is 17.9 Å². The zero-order valence-corrected chi connectivity index (χ0v) is 33.3. The average Bonchev–Trinajstić information content (AvgIpc) is 3.16. The van der Waals surface area contributed by atoms with Crippen molar-refractivity contribution in [1.82, 2.24) is 4.98 Å². The normalized spacial score (nSPS) is 12.0. The summed E-state index contributed by atoms with van der Waals surface area (Å²) in [5, 5.41) is 0. The summed E-state index contributed by atoms with van der Waals surface area (Å²) in [5.41, 5.74) is 0.307. The first-order valence-electron chi connectivity index (χ1n) is 21.3. The van der Waals surface area contributed by atoms with Crippen LogP contribution in [0.1, 0.15) is 204 Å². The van der Waals surface area contributed by atoms with Crippen LogP contribution in [0.4, 0.5) is 0 Å². The highest BCUT2D eigenvalue weighted by atomic mass is 16.6. The first-order valence-corrected chi connectivity index (χ1v) is 21.3. The fourth-order valence-electron chi connectivity index (χ4n) is 6.03. The molecule has 0 spiro atoms. The van der Waals surface area contributed by atoms with E-state index in [0.717, 1.165) is 64.2 Å². The summed E-state index contributed by atoms with van der Waals surface area (Å²) < 4.78 is 16.5. The third-order valence-electron chi connectivity index (χ3n) is 9.31. The van der Waals surface area contributed by atoms with Gasteiger partial charge in [0.05, 0.1) is 5.56 Å². The molecule has 0 fully saturated rings. The Kier molecular flexibility index (Phi) is 32.9. The lowest BCUT2D eigenvalue weighted by Gasteiger charge is -2.18. The highest BCUT2D eigenvalue weighted by molar-refractivity contribution is 5.88. The Balaban J connectivity index is 2.23. The van der Waals surface area contributed by atoms with Crippen LogP contribution in [0.15, 0.2) is 48.8 Å². The third kappa shape index (κ3) is 30.6. The summed E-state index contributed by atoms with van der Waals surface area (Å²) in [4.78, 5) is 41.5. The van der Waals surface area contributed by atoms with Gasteiger partial charge in [-0.2, -0.15) is 0 Å². The maximum atomic E-state index is 12.6. The van der Waals surface area contributed by atoms with Crippen LogP contribution in [0.25, 0.3) is 0 Å². The lowest BCUT2D eigenvalue weighted by Crippen LogP contribution is -2.31. The summed E-state index contributed by atoms with van der Waals surface area (Å²) in [7, 11) is 0. The minimum absolute atomic E-state index is 0.137. The van der Waals surface area contributed by atoms with Crippen molar-refractivity contribution < 1.29 is 28.6 Å². The summed E-state index contributed by atoms with van der Waals surface area (Å²) in [6, 6.07) is 3.26. The van der Waals surface area contributed by atoms with E-state index in [1.807, 2.05) is 0 Å². The monoisotopic (exact) mass is 726 g/mol. The molecule has 1 atom stereocenters. The first-order chi connectivity index (χ1) is 25.6. The summed E-state index contributed by atoms with van der Waals surface area (Å²) in [5.74, 6) is -1.26. The van der Waals surface area contributed by atoms with Crippen LogP contribution in [0.5, 0.6) is 0 Å². The Bertz CT molecular complexity index is 1040. The standard InChI is InChI=1S/C45H75NO6/c1-3-5-7-9-11-13-15-17-19-21-23-25-27-29-31-35-43(47)50-39-42(40-51-45(49)41-34-33-37-46-38-41)52-44(48)36-32-30-28-26-24-22-20-18-16-14-12-10-8-6-4-2/h17-20,33-34,37-38,42H,3-16,21-32,35-36,39-40H2,1-2H3/b19-17-,20-18-/t42-/m1/s1. The van der Waals surface area contributed by atoms with E-state index in [1.165, 1.54) is 109 Å². The van der Waals surface area contributed by atoms with Crippen molar-refractivity contribution in [3.8, 4) is 0 Å². The van der Waals surface area contributed by atoms with Crippen molar-refractivity contribution in [3.63, 3.8) is 0 Å². The molecule has 1 rings (SSSR count). The largest absolute Gasteiger partial charge is 0.462 e.